The zero-order chi connectivity index (χ0) is 15.7. The van der Waals surface area contributed by atoms with Crippen molar-refractivity contribution in [1.82, 2.24) is 9.71 Å². The van der Waals surface area contributed by atoms with Crippen molar-refractivity contribution in [3.8, 4) is 0 Å². The van der Waals surface area contributed by atoms with Crippen molar-refractivity contribution in [1.29, 1.82) is 0 Å². The summed E-state index contributed by atoms with van der Waals surface area (Å²) in [7, 11) is -3.72. The number of thiophene rings is 1. The second-order valence-electron chi connectivity index (χ2n) is 4.86. The summed E-state index contributed by atoms with van der Waals surface area (Å²) in [5, 5.41) is 11.2. The van der Waals surface area contributed by atoms with Crippen molar-refractivity contribution < 1.29 is 18.3 Å². The van der Waals surface area contributed by atoms with E-state index in [0.29, 0.717) is 9.88 Å². The number of aromatic nitrogens is 1. The van der Waals surface area contributed by atoms with Crippen LogP contribution >= 0.6 is 22.7 Å². The highest BCUT2D eigenvalue weighted by atomic mass is 32.2. The predicted octanol–water partition coefficient (Wildman–Crippen LogP) is 2.05. The number of sulfonamides is 1. The summed E-state index contributed by atoms with van der Waals surface area (Å²) < 4.78 is 27.4. The van der Waals surface area contributed by atoms with E-state index in [2.05, 4.69) is 9.71 Å². The molecule has 9 heteroatoms. The zero-order valence-corrected chi connectivity index (χ0v) is 13.8. The molecule has 0 fully saturated rings. The number of rotatable bonds is 6. The molecule has 2 rings (SSSR count). The van der Waals surface area contributed by atoms with Crippen LogP contribution in [0, 0.1) is 0 Å². The fourth-order valence-corrected chi connectivity index (χ4v) is 5.22. The van der Waals surface area contributed by atoms with Crippen molar-refractivity contribution in [3.05, 3.63) is 33.6 Å². The predicted molar refractivity (Wildman–Crippen MR) is 81.1 cm³/mol. The molecule has 0 saturated carbocycles. The van der Waals surface area contributed by atoms with Gasteiger partial charge in [-0.25, -0.2) is 13.4 Å². The molecule has 21 heavy (non-hydrogen) atoms. The van der Waals surface area contributed by atoms with Gasteiger partial charge >= 0.3 is 5.97 Å². The summed E-state index contributed by atoms with van der Waals surface area (Å²) in [5.74, 6) is -0.989. The lowest BCUT2D eigenvalue weighted by atomic mass is 10.1. The number of carbonyl (C=O) groups is 1. The van der Waals surface area contributed by atoms with Crippen molar-refractivity contribution in [3.63, 3.8) is 0 Å². The second-order valence-corrected chi connectivity index (χ2v) is 8.83. The van der Waals surface area contributed by atoms with Gasteiger partial charge in [-0.2, -0.15) is 4.72 Å². The maximum atomic E-state index is 12.4. The van der Waals surface area contributed by atoms with Gasteiger partial charge in [-0.3, -0.25) is 4.79 Å². The van der Waals surface area contributed by atoms with Crippen molar-refractivity contribution >= 4 is 38.7 Å². The van der Waals surface area contributed by atoms with Crippen LogP contribution in [0.3, 0.4) is 0 Å². The molecule has 2 N–H and O–H groups in total. The molecule has 2 heterocycles. The zero-order valence-electron chi connectivity index (χ0n) is 11.4. The molecule has 114 valence electrons. The van der Waals surface area contributed by atoms with Crippen LogP contribution in [0.15, 0.2) is 27.9 Å². The van der Waals surface area contributed by atoms with Gasteiger partial charge in [0.25, 0.3) is 10.0 Å². The first-order valence-electron chi connectivity index (χ1n) is 5.95. The molecule has 2 aromatic heterocycles. The summed E-state index contributed by atoms with van der Waals surface area (Å²) in [6, 6.07) is 2.94. The molecule has 2 aromatic rings. The fourth-order valence-electron chi connectivity index (χ4n) is 1.71. The average Bonchev–Trinajstić information content (AvgIpc) is 2.96. The molecule has 0 bridgehead atoms. The number of carboxylic acid groups (broad SMARTS) is 1. The standard InChI is InChI=1S/C12H14N2O4S3/c1-12(2,11-13-5-6-19-11)14-21(17,18)10-4-3-8(20-10)7-9(15)16/h3-6,14H,7H2,1-2H3,(H,15,16). The number of hydrogen-bond acceptors (Lipinski definition) is 6. The molecule has 0 aliphatic heterocycles. The summed E-state index contributed by atoms with van der Waals surface area (Å²) in [6.07, 6.45) is 1.43. The highest BCUT2D eigenvalue weighted by Crippen LogP contribution is 2.27. The third kappa shape index (κ3) is 3.88. The van der Waals surface area contributed by atoms with Crippen molar-refractivity contribution in [2.45, 2.75) is 30.0 Å². The van der Waals surface area contributed by atoms with Crippen LogP contribution in [0.4, 0.5) is 0 Å². The maximum absolute atomic E-state index is 12.4. The third-order valence-corrected chi connectivity index (χ3v) is 6.91. The van der Waals surface area contributed by atoms with Crippen molar-refractivity contribution in [2.24, 2.45) is 0 Å². The first-order valence-corrected chi connectivity index (χ1v) is 9.13. The number of hydrogen-bond donors (Lipinski definition) is 2. The van der Waals surface area contributed by atoms with E-state index in [4.69, 9.17) is 5.11 Å². The van der Waals surface area contributed by atoms with Crippen LogP contribution in [-0.2, 0) is 26.8 Å². The molecule has 6 nitrogen and oxygen atoms in total. The third-order valence-electron chi connectivity index (χ3n) is 2.58. The van der Waals surface area contributed by atoms with Crippen LogP contribution in [0.5, 0.6) is 0 Å². The number of thiazole rings is 1. The average molecular weight is 346 g/mol. The second kappa shape index (κ2) is 5.84. The molecule has 0 spiro atoms. The van der Waals surface area contributed by atoms with Gasteiger partial charge < -0.3 is 5.11 Å². The fraction of sp³-hybridized carbons (Fsp3) is 0.333. The Balaban J connectivity index is 2.22. The minimum absolute atomic E-state index is 0.100. The lowest BCUT2D eigenvalue weighted by Crippen LogP contribution is -2.40. The molecule has 0 atom stereocenters. The Labute approximate surface area is 130 Å². The van der Waals surface area contributed by atoms with E-state index in [-0.39, 0.29) is 10.6 Å². The van der Waals surface area contributed by atoms with E-state index in [1.807, 2.05) is 0 Å². The molecule has 0 saturated heterocycles. The number of aliphatic carboxylic acids is 1. The van der Waals surface area contributed by atoms with E-state index in [0.717, 1.165) is 11.3 Å². The highest BCUT2D eigenvalue weighted by molar-refractivity contribution is 7.91. The summed E-state index contributed by atoms with van der Waals surface area (Å²) in [5.41, 5.74) is -0.829. The molecular formula is C12H14N2O4S3. The maximum Gasteiger partial charge on any atom is 0.308 e. The van der Waals surface area contributed by atoms with Gasteiger partial charge in [0.2, 0.25) is 0 Å². The molecule has 0 aliphatic rings. The van der Waals surface area contributed by atoms with E-state index < -0.39 is 21.5 Å². The molecule has 0 amide bonds. The van der Waals surface area contributed by atoms with Crippen molar-refractivity contribution in [2.75, 3.05) is 0 Å². The van der Waals surface area contributed by atoms with Gasteiger partial charge in [0, 0.05) is 16.5 Å². The first kappa shape index (κ1) is 16.1. The summed E-state index contributed by atoms with van der Waals surface area (Å²) in [4.78, 5) is 15.3. The summed E-state index contributed by atoms with van der Waals surface area (Å²) >= 11 is 2.32. The van der Waals surface area contributed by atoms with Gasteiger partial charge in [0.1, 0.15) is 9.22 Å². The number of nitrogens with zero attached hydrogens (tertiary/aromatic N) is 1. The van der Waals surface area contributed by atoms with E-state index in [1.165, 1.54) is 23.5 Å². The van der Waals surface area contributed by atoms with Crippen LogP contribution < -0.4 is 4.72 Å². The number of carboxylic acids is 1. The smallest absolute Gasteiger partial charge is 0.308 e. The minimum Gasteiger partial charge on any atom is -0.481 e. The Morgan fingerprint density at radius 2 is 2.14 bits per heavy atom. The lowest BCUT2D eigenvalue weighted by Gasteiger charge is -2.22. The van der Waals surface area contributed by atoms with Gasteiger partial charge in [-0.05, 0) is 26.0 Å². The van der Waals surface area contributed by atoms with Crippen LogP contribution in [0.25, 0.3) is 0 Å². The lowest BCUT2D eigenvalue weighted by molar-refractivity contribution is -0.136. The molecule has 0 unspecified atom stereocenters. The van der Waals surface area contributed by atoms with Gasteiger partial charge in [-0.1, -0.05) is 0 Å². The Morgan fingerprint density at radius 3 is 2.71 bits per heavy atom. The Kier molecular flexibility index (Phi) is 4.47. The van der Waals surface area contributed by atoms with Gasteiger partial charge in [0.05, 0.1) is 12.0 Å². The Morgan fingerprint density at radius 1 is 1.43 bits per heavy atom. The van der Waals surface area contributed by atoms with Crippen LogP contribution in [0.2, 0.25) is 0 Å². The molecular weight excluding hydrogens is 332 g/mol. The highest BCUT2D eigenvalue weighted by Gasteiger charge is 2.30. The van der Waals surface area contributed by atoms with Gasteiger partial charge in [0.15, 0.2) is 0 Å². The topological polar surface area (TPSA) is 96.4 Å². The van der Waals surface area contributed by atoms with Gasteiger partial charge in [-0.15, -0.1) is 22.7 Å². The Hall–Kier alpha value is -1.29. The number of nitrogens with one attached hydrogen (secondary N) is 1. The minimum atomic E-state index is -3.72. The largest absolute Gasteiger partial charge is 0.481 e. The van der Waals surface area contributed by atoms with Crippen LogP contribution in [-0.4, -0.2) is 24.5 Å². The monoisotopic (exact) mass is 346 g/mol. The van der Waals surface area contributed by atoms with E-state index in [9.17, 15) is 13.2 Å². The SMILES string of the molecule is CC(C)(NS(=O)(=O)c1ccc(CC(=O)O)s1)c1nccs1. The van der Waals surface area contributed by atoms with Crippen LogP contribution in [0.1, 0.15) is 23.7 Å². The quantitative estimate of drug-likeness (QED) is 0.834. The molecule has 0 aliphatic carbocycles. The molecule has 0 radical (unpaired) electrons. The van der Waals surface area contributed by atoms with E-state index in [1.54, 1.807) is 25.4 Å². The normalized spacial score (nSPS) is 12.5. The van der Waals surface area contributed by atoms with E-state index >= 15 is 0 Å². The Bertz CT molecular complexity index is 732. The summed E-state index contributed by atoms with van der Waals surface area (Å²) in [6.45, 7) is 3.46. The first-order chi connectivity index (χ1) is 9.71. The molecule has 0 aromatic carbocycles.